The molecule has 1 aromatic carbocycles. The second kappa shape index (κ2) is 10.7. The third-order valence-electron chi connectivity index (χ3n) is 5.67. The molecule has 0 N–H and O–H groups in total. The molecular formula is C24H32N2O3S. The van der Waals surface area contributed by atoms with Crippen LogP contribution in [0.2, 0.25) is 0 Å². The quantitative estimate of drug-likeness (QED) is 0.563. The molecule has 0 fully saturated rings. The fourth-order valence-corrected chi connectivity index (χ4v) is 4.99. The number of benzene rings is 1. The number of carbonyl (C=O) groups is 2. The van der Waals surface area contributed by atoms with Crippen molar-refractivity contribution in [2.24, 2.45) is 0 Å². The molecule has 30 heavy (non-hydrogen) atoms. The number of aryl methyl sites for hydroxylation is 1. The van der Waals surface area contributed by atoms with E-state index in [0.29, 0.717) is 32.7 Å². The molecule has 1 aliphatic rings. The molecule has 0 bridgehead atoms. The summed E-state index contributed by atoms with van der Waals surface area (Å²) in [5.41, 5.74) is 3.56. The third-order valence-corrected chi connectivity index (χ3v) is 6.67. The molecular weight excluding hydrogens is 396 g/mol. The van der Waals surface area contributed by atoms with Gasteiger partial charge in [0.25, 0.3) is 0 Å². The van der Waals surface area contributed by atoms with Crippen LogP contribution < -0.4 is 0 Å². The fourth-order valence-electron chi connectivity index (χ4n) is 4.09. The third kappa shape index (κ3) is 5.10. The van der Waals surface area contributed by atoms with E-state index in [0.717, 1.165) is 18.4 Å². The van der Waals surface area contributed by atoms with Gasteiger partial charge < -0.3 is 14.5 Å². The zero-order valence-corrected chi connectivity index (χ0v) is 19.0. The van der Waals surface area contributed by atoms with Crippen LogP contribution in [0, 0.1) is 6.92 Å². The Labute approximate surface area is 183 Å². The van der Waals surface area contributed by atoms with E-state index in [1.165, 1.54) is 16.0 Å². The van der Waals surface area contributed by atoms with Crippen molar-refractivity contribution in [3.8, 4) is 0 Å². The number of nitrogens with zero attached hydrogens (tertiary/aromatic N) is 2. The Morgan fingerprint density at radius 2 is 2.00 bits per heavy atom. The lowest BCUT2D eigenvalue weighted by Crippen LogP contribution is -2.47. The van der Waals surface area contributed by atoms with Gasteiger partial charge in [0.1, 0.15) is 0 Å². The van der Waals surface area contributed by atoms with Crippen molar-refractivity contribution < 1.29 is 14.3 Å². The van der Waals surface area contributed by atoms with E-state index >= 15 is 0 Å². The van der Waals surface area contributed by atoms with Gasteiger partial charge in [0.2, 0.25) is 11.8 Å². The maximum Gasteiger partial charge on any atom is 0.242 e. The van der Waals surface area contributed by atoms with Gasteiger partial charge in [0.15, 0.2) is 0 Å². The number of rotatable bonds is 9. The van der Waals surface area contributed by atoms with Gasteiger partial charge >= 0.3 is 0 Å². The van der Waals surface area contributed by atoms with Crippen molar-refractivity contribution >= 4 is 23.2 Å². The summed E-state index contributed by atoms with van der Waals surface area (Å²) >= 11 is 1.77. The van der Waals surface area contributed by atoms with E-state index in [-0.39, 0.29) is 24.4 Å². The molecule has 2 amide bonds. The highest BCUT2D eigenvalue weighted by Crippen LogP contribution is 2.38. The Bertz CT molecular complexity index is 864. The average Bonchev–Trinajstić information content (AvgIpc) is 3.24. The number of hydrogen-bond acceptors (Lipinski definition) is 4. The van der Waals surface area contributed by atoms with E-state index in [1.807, 2.05) is 30.9 Å². The van der Waals surface area contributed by atoms with Gasteiger partial charge in [-0.05, 0) is 54.8 Å². The van der Waals surface area contributed by atoms with E-state index in [1.54, 1.807) is 16.2 Å². The number of fused-ring (bicyclic) bond motifs is 1. The maximum atomic E-state index is 13.4. The zero-order valence-electron chi connectivity index (χ0n) is 18.2. The zero-order chi connectivity index (χ0) is 21.5. The first-order valence-corrected chi connectivity index (χ1v) is 11.7. The van der Waals surface area contributed by atoms with Crippen molar-refractivity contribution in [3.05, 3.63) is 57.3 Å². The summed E-state index contributed by atoms with van der Waals surface area (Å²) < 4.78 is 5.40. The van der Waals surface area contributed by atoms with Crippen LogP contribution in [0.1, 0.15) is 54.3 Å². The minimum Gasteiger partial charge on any atom is -0.382 e. The second-order valence-electron chi connectivity index (χ2n) is 7.61. The van der Waals surface area contributed by atoms with Gasteiger partial charge in [0, 0.05) is 37.6 Å². The molecule has 0 saturated carbocycles. The molecule has 3 rings (SSSR count). The van der Waals surface area contributed by atoms with Gasteiger partial charge in [-0.2, -0.15) is 0 Å². The van der Waals surface area contributed by atoms with Crippen LogP contribution in [-0.2, 0) is 20.7 Å². The van der Waals surface area contributed by atoms with Crippen LogP contribution in [0.4, 0.5) is 0 Å². The van der Waals surface area contributed by atoms with Gasteiger partial charge in [-0.1, -0.05) is 31.2 Å². The van der Waals surface area contributed by atoms with Crippen molar-refractivity contribution in [2.45, 2.75) is 46.1 Å². The largest absolute Gasteiger partial charge is 0.382 e. The number of ether oxygens (including phenoxy) is 1. The predicted molar refractivity (Wildman–Crippen MR) is 121 cm³/mol. The van der Waals surface area contributed by atoms with E-state index in [9.17, 15) is 9.59 Å². The Morgan fingerprint density at radius 3 is 2.73 bits per heavy atom. The fraction of sp³-hybridized carbons (Fsp3) is 0.500. The summed E-state index contributed by atoms with van der Waals surface area (Å²) in [7, 11) is 0. The molecule has 1 aliphatic heterocycles. The lowest BCUT2D eigenvalue weighted by molar-refractivity contribution is -0.141. The van der Waals surface area contributed by atoms with Gasteiger partial charge in [0.05, 0.1) is 12.6 Å². The SMILES string of the molecule is CCOCCCN(CC(=O)N1CCc2sccc2[C@H]1c1ccccc1C)C(=O)CC. The van der Waals surface area contributed by atoms with Crippen LogP contribution in [0.3, 0.4) is 0 Å². The molecule has 0 aliphatic carbocycles. The first-order chi connectivity index (χ1) is 14.6. The second-order valence-corrected chi connectivity index (χ2v) is 8.62. The molecule has 0 saturated heterocycles. The predicted octanol–water partition coefficient (Wildman–Crippen LogP) is 4.20. The maximum absolute atomic E-state index is 13.4. The van der Waals surface area contributed by atoms with Crippen molar-refractivity contribution in [2.75, 3.05) is 32.8 Å². The van der Waals surface area contributed by atoms with Crippen molar-refractivity contribution in [3.63, 3.8) is 0 Å². The highest BCUT2D eigenvalue weighted by molar-refractivity contribution is 7.10. The molecule has 0 unspecified atom stereocenters. The molecule has 6 heteroatoms. The van der Waals surface area contributed by atoms with Crippen LogP contribution >= 0.6 is 11.3 Å². The molecule has 2 aromatic rings. The number of hydrogen-bond donors (Lipinski definition) is 0. The van der Waals surface area contributed by atoms with E-state index in [2.05, 4.69) is 30.5 Å². The van der Waals surface area contributed by atoms with Gasteiger partial charge in [-0.25, -0.2) is 0 Å². The van der Waals surface area contributed by atoms with Gasteiger partial charge in [-0.3, -0.25) is 9.59 Å². The van der Waals surface area contributed by atoms with Crippen molar-refractivity contribution in [1.29, 1.82) is 0 Å². The highest BCUT2D eigenvalue weighted by Gasteiger charge is 2.34. The standard InChI is InChI=1S/C24H32N2O3S/c1-4-22(27)25(13-8-15-29-5-2)17-23(28)26-14-11-21-20(12-16-30-21)24(26)19-10-7-6-9-18(19)3/h6-7,9-10,12,16,24H,4-5,8,11,13-15,17H2,1-3H3/t24-/m1/s1. The minimum absolute atomic E-state index is 0.0123. The van der Waals surface area contributed by atoms with E-state index in [4.69, 9.17) is 4.74 Å². The summed E-state index contributed by atoms with van der Waals surface area (Å²) in [4.78, 5) is 30.9. The number of amides is 2. The van der Waals surface area contributed by atoms with Crippen LogP contribution in [-0.4, -0.2) is 54.5 Å². The molecule has 2 heterocycles. The van der Waals surface area contributed by atoms with E-state index < -0.39 is 0 Å². The Morgan fingerprint density at radius 1 is 1.20 bits per heavy atom. The van der Waals surface area contributed by atoms with Crippen molar-refractivity contribution in [1.82, 2.24) is 9.80 Å². The van der Waals surface area contributed by atoms with Gasteiger partial charge in [-0.15, -0.1) is 11.3 Å². The minimum atomic E-state index is -0.0873. The number of thiophene rings is 1. The summed E-state index contributed by atoms with van der Waals surface area (Å²) in [6, 6.07) is 10.3. The summed E-state index contributed by atoms with van der Waals surface area (Å²) in [6.45, 7) is 8.52. The molecule has 0 radical (unpaired) electrons. The summed E-state index contributed by atoms with van der Waals surface area (Å²) in [5, 5.41) is 2.12. The summed E-state index contributed by atoms with van der Waals surface area (Å²) in [5.74, 6) is 0.0267. The number of carbonyl (C=O) groups excluding carboxylic acids is 2. The topological polar surface area (TPSA) is 49.9 Å². The molecule has 0 spiro atoms. The Balaban J connectivity index is 1.82. The molecule has 1 atom stereocenters. The smallest absolute Gasteiger partial charge is 0.242 e. The first-order valence-electron chi connectivity index (χ1n) is 10.8. The average molecular weight is 429 g/mol. The Hall–Kier alpha value is -2.18. The van der Waals surface area contributed by atoms with Crippen LogP contribution in [0.25, 0.3) is 0 Å². The molecule has 5 nitrogen and oxygen atoms in total. The monoisotopic (exact) mass is 428 g/mol. The van der Waals surface area contributed by atoms with Crippen LogP contribution in [0.5, 0.6) is 0 Å². The lowest BCUT2D eigenvalue weighted by atomic mass is 9.90. The normalized spacial score (nSPS) is 15.7. The highest BCUT2D eigenvalue weighted by atomic mass is 32.1. The molecule has 162 valence electrons. The van der Waals surface area contributed by atoms with Crippen LogP contribution in [0.15, 0.2) is 35.7 Å². The first kappa shape index (κ1) is 22.5. The Kier molecular flexibility index (Phi) is 8.05. The molecule has 1 aromatic heterocycles. The summed E-state index contributed by atoms with van der Waals surface area (Å²) in [6.07, 6.45) is 2.01. The lowest BCUT2D eigenvalue weighted by Gasteiger charge is -2.38.